The van der Waals surface area contributed by atoms with Crippen molar-refractivity contribution in [1.29, 1.82) is 0 Å². The van der Waals surface area contributed by atoms with Crippen molar-refractivity contribution in [3.8, 4) is 0 Å². The van der Waals surface area contributed by atoms with Crippen molar-refractivity contribution in [3.63, 3.8) is 0 Å². The minimum Gasteiger partial charge on any atom is -0.377 e. The number of rotatable bonds is 6. The van der Waals surface area contributed by atoms with E-state index in [0.717, 1.165) is 12.7 Å². The molecule has 0 saturated carbocycles. The highest BCUT2D eigenvalue weighted by molar-refractivity contribution is 5.48. The maximum Gasteiger partial charge on any atom is 0.120 e. The first-order valence-electron chi connectivity index (χ1n) is 3.04. The number of aldehydes is 1. The van der Waals surface area contributed by atoms with E-state index in [1.807, 2.05) is 0 Å². The molecule has 2 nitrogen and oxygen atoms in total. The Morgan fingerprint density at radius 3 is 2.89 bits per heavy atom. The van der Waals surface area contributed by atoms with Gasteiger partial charge in [0.05, 0.1) is 6.61 Å². The first-order valence-corrected chi connectivity index (χ1v) is 3.04. The van der Waals surface area contributed by atoms with Crippen LogP contribution in [-0.4, -0.2) is 19.5 Å². The lowest BCUT2D eigenvalue weighted by atomic mass is 10.3. The van der Waals surface area contributed by atoms with Gasteiger partial charge in [-0.2, -0.15) is 0 Å². The summed E-state index contributed by atoms with van der Waals surface area (Å²) >= 11 is 0. The van der Waals surface area contributed by atoms with Crippen LogP contribution in [0.5, 0.6) is 0 Å². The topological polar surface area (TPSA) is 26.3 Å². The molecule has 0 radical (unpaired) electrons. The minimum atomic E-state index is 0.582. The first-order chi connectivity index (χ1) is 4.41. The van der Waals surface area contributed by atoms with E-state index >= 15 is 0 Å². The van der Waals surface area contributed by atoms with Crippen LogP contribution in [0.2, 0.25) is 0 Å². The van der Waals surface area contributed by atoms with Gasteiger partial charge in [0.2, 0.25) is 0 Å². The fourth-order valence-electron chi connectivity index (χ4n) is 0.435. The Kier molecular flexibility index (Phi) is 6.85. The fourth-order valence-corrected chi connectivity index (χ4v) is 0.435. The molecular formula is C7H12O2. The maximum absolute atomic E-state index is 9.76. The van der Waals surface area contributed by atoms with Gasteiger partial charge in [0, 0.05) is 13.0 Å². The molecule has 0 aromatic heterocycles. The van der Waals surface area contributed by atoms with Crippen LogP contribution in [0, 0.1) is 0 Å². The van der Waals surface area contributed by atoms with E-state index < -0.39 is 0 Å². The molecule has 0 rings (SSSR count). The molecule has 0 aliphatic carbocycles. The van der Waals surface area contributed by atoms with E-state index in [1.54, 1.807) is 6.08 Å². The second-order valence-corrected chi connectivity index (χ2v) is 1.67. The van der Waals surface area contributed by atoms with Crippen molar-refractivity contribution in [2.45, 2.75) is 12.8 Å². The summed E-state index contributed by atoms with van der Waals surface area (Å²) in [6.45, 7) is 4.72. The number of carbonyl (C=O) groups excluding carboxylic acids is 1. The molecule has 0 aromatic carbocycles. The Balaban J connectivity index is 2.74. The highest BCUT2D eigenvalue weighted by atomic mass is 16.5. The van der Waals surface area contributed by atoms with Crippen LogP contribution in [0.25, 0.3) is 0 Å². The predicted octanol–water partition coefficient (Wildman–Crippen LogP) is 1.17. The van der Waals surface area contributed by atoms with Gasteiger partial charge < -0.3 is 9.53 Å². The van der Waals surface area contributed by atoms with E-state index in [9.17, 15) is 4.79 Å². The molecule has 0 spiro atoms. The van der Waals surface area contributed by atoms with Gasteiger partial charge in [0.1, 0.15) is 6.29 Å². The van der Waals surface area contributed by atoms with Gasteiger partial charge in [-0.25, -0.2) is 0 Å². The van der Waals surface area contributed by atoms with Crippen molar-refractivity contribution < 1.29 is 9.53 Å². The summed E-state index contributed by atoms with van der Waals surface area (Å²) in [6.07, 6.45) is 4.01. The average molecular weight is 128 g/mol. The lowest BCUT2D eigenvalue weighted by Gasteiger charge is -1.95. The second-order valence-electron chi connectivity index (χ2n) is 1.67. The summed E-state index contributed by atoms with van der Waals surface area (Å²) in [5.41, 5.74) is 0. The van der Waals surface area contributed by atoms with Crippen molar-refractivity contribution in [1.82, 2.24) is 0 Å². The lowest BCUT2D eigenvalue weighted by molar-refractivity contribution is -0.108. The summed E-state index contributed by atoms with van der Waals surface area (Å²) in [6, 6.07) is 0. The molecule has 0 unspecified atom stereocenters. The number of carbonyl (C=O) groups is 1. The van der Waals surface area contributed by atoms with Crippen molar-refractivity contribution in [3.05, 3.63) is 12.7 Å². The molecule has 0 aromatic rings. The van der Waals surface area contributed by atoms with Crippen LogP contribution in [0.1, 0.15) is 12.8 Å². The summed E-state index contributed by atoms with van der Waals surface area (Å²) in [5.74, 6) is 0. The predicted molar refractivity (Wildman–Crippen MR) is 36.3 cm³/mol. The molecule has 0 N–H and O–H groups in total. The van der Waals surface area contributed by atoms with E-state index in [2.05, 4.69) is 6.58 Å². The molecule has 9 heavy (non-hydrogen) atoms. The summed E-state index contributed by atoms with van der Waals surface area (Å²) < 4.78 is 5.01. The Morgan fingerprint density at radius 1 is 1.56 bits per heavy atom. The Morgan fingerprint density at radius 2 is 2.33 bits per heavy atom. The van der Waals surface area contributed by atoms with Gasteiger partial charge >= 0.3 is 0 Å². The van der Waals surface area contributed by atoms with Gasteiger partial charge in [-0.3, -0.25) is 0 Å². The zero-order valence-corrected chi connectivity index (χ0v) is 5.51. The molecule has 0 aliphatic rings. The monoisotopic (exact) mass is 128 g/mol. The van der Waals surface area contributed by atoms with Crippen LogP contribution in [0.15, 0.2) is 12.7 Å². The second kappa shape index (κ2) is 7.37. The molecule has 2 heteroatoms. The highest BCUT2D eigenvalue weighted by Crippen LogP contribution is 1.85. The standard InChI is InChI=1S/C7H12O2/c1-2-6-9-7-4-3-5-8/h2,5H,1,3-4,6-7H2. The van der Waals surface area contributed by atoms with Crippen molar-refractivity contribution in [2.75, 3.05) is 13.2 Å². The van der Waals surface area contributed by atoms with E-state index in [0.29, 0.717) is 19.6 Å². The first kappa shape index (κ1) is 8.37. The van der Waals surface area contributed by atoms with Gasteiger partial charge in [0.25, 0.3) is 0 Å². The Labute approximate surface area is 55.5 Å². The number of hydrogen-bond acceptors (Lipinski definition) is 2. The van der Waals surface area contributed by atoms with Gasteiger partial charge in [-0.05, 0) is 6.42 Å². The zero-order chi connectivity index (χ0) is 6.95. The molecular weight excluding hydrogens is 116 g/mol. The summed E-state index contributed by atoms with van der Waals surface area (Å²) in [5, 5.41) is 0. The van der Waals surface area contributed by atoms with E-state index in [-0.39, 0.29) is 0 Å². The molecule has 0 saturated heterocycles. The zero-order valence-electron chi connectivity index (χ0n) is 5.51. The maximum atomic E-state index is 9.76. The number of ether oxygens (including phenoxy) is 1. The lowest BCUT2D eigenvalue weighted by Crippen LogP contribution is -1.93. The van der Waals surface area contributed by atoms with E-state index in [1.165, 1.54) is 0 Å². The van der Waals surface area contributed by atoms with Crippen LogP contribution >= 0.6 is 0 Å². The molecule has 0 heterocycles. The highest BCUT2D eigenvalue weighted by Gasteiger charge is 1.83. The largest absolute Gasteiger partial charge is 0.377 e. The van der Waals surface area contributed by atoms with Crippen LogP contribution < -0.4 is 0 Å². The Bertz CT molecular complexity index is 69.0. The van der Waals surface area contributed by atoms with Gasteiger partial charge in [0.15, 0.2) is 0 Å². The fraction of sp³-hybridized carbons (Fsp3) is 0.571. The van der Waals surface area contributed by atoms with Crippen LogP contribution in [0.3, 0.4) is 0 Å². The number of hydrogen-bond donors (Lipinski definition) is 0. The van der Waals surface area contributed by atoms with E-state index in [4.69, 9.17) is 4.74 Å². The average Bonchev–Trinajstić information content (AvgIpc) is 1.89. The third kappa shape index (κ3) is 7.37. The molecule has 0 amide bonds. The third-order valence-corrected chi connectivity index (χ3v) is 0.846. The molecule has 0 atom stereocenters. The SMILES string of the molecule is C=CCOCCCC=O. The van der Waals surface area contributed by atoms with Crippen molar-refractivity contribution in [2.24, 2.45) is 0 Å². The van der Waals surface area contributed by atoms with Crippen LogP contribution in [0.4, 0.5) is 0 Å². The molecule has 0 bridgehead atoms. The van der Waals surface area contributed by atoms with Crippen LogP contribution in [-0.2, 0) is 9.53 Å². The molecule has 0 fully saturated rings. The Hall–Kier alpha value is -0.630. The third-order valence-electron chi connectivity index (χ3n) is 0.846. The summed E-state index contributed by atoms with van der Waals surface area (Å²) in [4.78, 5) is 9.76. The van der Waals surface area contributed by atoms with Gasteiger partial charge in [-0.1, -0.05) is 6.08 Å². The molecule has 52 valence electrons. The number of unbranched alkanes of at least 4 members (excludes halogenated alkanes) is 1. The van der Waals surface area contributed by atoms with Gasteiger partial charge in [-0.15, -0.1) is 6.58 Å². The quantitative estimate of drug-likeness (QED) is 0.305. The normalized spacial score (nSPS) is 8.89. The summed E-state index contributed by atoms with van der Waals surface area (Å²) in [7, 11) is 0. The minimum absolute atomic E-state index is 0.582. The smallest absolute Gasteiger partial charge is 0.120 e. The van der Waals surface area contributed by atoms with Crippen molar-refractivity contribution >= 4 is 6.29 Å². The molecule has 0 aliphatic heterocycles.